The molecule has 146 valence electrons. The van der Waals surface area contributed by atoms with E-state index in [9.17, 15) is 4.79 Å². The van der Waals surface area contributed by atoms with Crippen molar-refractivity contribution in [2.75, 3.05) is 11.2 Å². The van der Waals surface area contributed by atoms with Crippen LogP contribution in [0, 0.1) is 20.8 Å². The van der Waals surface area contributed by atoms with E-state index in [4.69, 9.17) is 17.4 Å². The molecule has 1 heterocycles. The quantitative estimate of drug-likeness (QED) is 0.477. The van der Waals surface area contributed by atoms with Crippen molar-refractivity contribution in [1.82, 2.24) is 14.9 Å². The third-order valence-corrected chi connectivity index (χ3v) is 5.65. The molecule has 0 aliphatic carbocycles. The number of anilines is 1. The fourth-order valence-electron chi connectivity index (χ4n) is 2.97. The summed E-state index contributed by atoms with van der Waals surface area (Å²) >= 11 is 7.18. The summed E-state index contributed by atoms with van der Waals surface area (Å²) in [6.07, 6.45) is 0. The van der Waals surface area contributed by atoms with Crippen LogP contribution in [0.4, 0.5) is 5.69 Å². The molecule has 1 atom stereocenters. The Morgan fingerprint density at radius 1 is 1.14 bits per heavy atom. The second-order valence-corrected chi connectivity index (χ2v) is 8.45. The summed E-state index contributed by atoms with van der Waals surface area (Å²) in [5.41, 5.74) is 4.89. The maximum absolute atomic E-state index is 12.7. The molecule has 28 heavy (non-hydrogen) atoms. The van der Waals surface area contributed by atoms with Crippen LogP contribution in [0.15, 0.2) is 41.6 Å². The molecule has 0 unspecified atom stereocenters. The molecule has 3 aromatic rings. The zero-order valence-corrected chi connectivity index (χ0v) is 17.7. The van der Waals surface area contributed by atoms with Crippen LogP contribution in [0.3, 0.4) is 0 Å². The van der Waals surface area contributed by atoms with E-state index < -0.39 is 5.25 Å². The van der Waals surface area contributed by atoms with Gasteiger partial charge in [0.2, 0.25) is 11.1 Å². The lowest BCUT2D eigenvalue weighted by molar-refractivity contribution is -0.115. The number of carbonyl (C=O) groups excluding carboxylic acids is 1. The monoisotopic (exact) mass is 415 g/mol. The molecular weight excluding hydrogens is 394 g/mol. The Kier molecular flexibility index (Phi) is 5.96. The maximum Gasteiger partial charge on any atom is 0.237 e. The Labute approximate surface area is 173 Å². The number of rotatable bonds is 5. The van der Waals surface area contributed by atoms with Crippen molar-refractivity contribution in [3.8, 4) is 11.4 Å². The van der Waals surface area contributed by atoms with Crippen molar-refractivity contribution in [3.63, 3.8) is 0 Å². The van der Waals surface area contributed by atoms with E-state index in [2.05, 4.69) is 27.6 Å². The lowest BCUT2D eigenvalue weighted by atomic mass is 10.1. The molecule has 0 aliphatic heterocycles. The molecule has 1 amide bonds. The minimum absolute atomic E-state index is 0.115. The van der Waals surface area contributed by atoms with Gasteiger partial charge in [0.15, 0.2) is 5.82 Å². The Hall–Kier alpha value is -2.51. The van der Waals surface area contributed by atoms with Gasteiger partial charge in [-0.3, -0.25) is 4.79 Å². The molecule has 6 nitrogen and oxygen atoms in total. The zero-order valence-electron chi connectivity index (χ0n) is 16.2. The van der Waals surface area contributed by atoms with Crippen molar-refractivity contribution >= 4 is 35.0 Å². The predicted molar refractivity (Wildman–Crippen MR) is 115 cm³/mol. The lowest BCUT2D eigenvalue weighted by Crippen LogP contribution is -2.24. The molecule has 0 radical (unpaired) electrons. The molecule has 0 aliphatic rings. The lowest BCUT2D eigenvalue weighted by Gasteiger charge is -2.16. The molecule has 2 aromatic carbocycles. The number of nitrogens with one attached hydrogen (secondary N) is 1. The normalized spacial score (nSPS) is 12.0. The van der Waals surface area contributed by atoms with Gasteiger partial charge < -0.3 is 11.2 Å². The number of amides is 1. The first-order valence-corrected chi connectivity index (χ1v) is 10.0. The molecular formula is C20H22ClN5OS. The molecule has 0 saturated heterocycles. The van der Waals surface area contributed by atoms with Crippen LogP contribution in [0.5, 0.6) is 0 Å². The first-order chi connectivity index (χ1) is 13.3. The van der Waals surface area contributed by atoms with Gasteiger partial charge in [-0.1, -0.05) is 41.1 Å². The van der Waals surface area contributed by atoms with Crippen LogP contribution in [-0.4, -0.2) is 26.0 Å². The molecule has 0 saturated carbocycles. The summed E-state index contributed by atoms with van der Waals surface area (Å²) in [4.78, 5) is 12.7. The summed E-state index contributed by atoms with van der Waals surface area (Å²) in [6, 6.07) is 11.3. The number of thioether (sulfide) groups is 1. The predicted octanol–water partition coefficient (Wildman–Crippen LogP) is 4.36. The number of aryl methyl sites for hydroxylation is 3. The Morgan fingerprint density at radius 3 is 2.36 bits per heavy atom. The van der Waals surface area contributed by atoms with Gasteiger partial charge in [0.1, 0.15) is 0 Å². The maximum atomic E-state index is 12.7. The number of hydrogen-bond acceptors (Lipinski definition) is 5. The largest absolute Gasteiger partial charge is 0.335 e. The number of nitrogen functional groups attached to an aromatic ring is 1. The Bertz CT molecular complexity index is 993. The van der Waals surface area contributed by atoms with E-state index in [-0.39, 0.29) is 5.91 Å². The SMILES string of the molecule is Cc1cc(C)c(NC(=O)[C@H](C)Sc2nnc(-c3ccc(Cl)cc3)n2N)c(C)c1. The Balaban J connectivity index is 1.74. The molecule has 0 bridgehead atoms. The van der Waals surface area contributed by atoms with Gasteiger partial charge in [-0.2, -0.15) is 0 Å². The van der Waals surface area contributed by atoms with Crippen LogP contribution in [0.25, 0.3) is 11.4 Å². The molecule has 3 rings (SSSR count). The highest BCUT2D eigenvalue weighted by atomic mass is 35.5. The van der Waals surface area contributed by atoms with Crippen LogP contribution < -0.4 is 11.2 Å². The average Bonchev–Trinajstić information content (AvgIpc) is 2.99. The van der Waals surface area contributed by atoms with E-state index in [1.807, 2.05) is 39.8 Å². The van der Waals surface area contributed by atoms with E-state index in [1.54, 1.807) is 12.1 Å². The van der Waals surface area contributed by atoms with Crippen LogP contribution >= 0.6 is 23.4 Å². The number of hydrogen-bond donors (Lipinski definition) is 2. The van der Waals surface area contributed by atoms with Crippen molar-refractivity contribution in [3.05, 3.63) is 58.1 Å². The van der Waals surface area contributed by atoms with Gasteiger partial charge in [0.25, 0.3) is 0 Å². The van der Waals surface area contributed by atoms with E-state index in [0.29, 0.717) is 16.0 Å². The van der Waals surface area contributed by atoms with Gasteiger partial charge in [0.05, 0.1) is 5.25 Å². The van der Waals surface area contributed by atoms with Gasteiger partial charge in [-0.05, 0) is 63.1 Å². The third kappa shape index (κ3) is 4.31. The van der Waals surface area contributed by atoms with E-state index in [0.717, 1.165) is 22.4 Å². The van der Waals surface area contributed by atoms with Gasteiger partial charge in [0, 0.05) is 16.3 Å². The van der Waals surface area contributed by atoms with Gasteiger partial charge in [-0.15, -0.1) is 10.2 Å². The highest BCUT2D eigenvalue weighted by Gasteiger charge is 2.21. The molecule has 1 aromatic heterocycles. The fourth-order valence-corrected chi connectivity index (χ4v) is 3.86. The minimum Gasteiger partial charge on any atom is -0.335 e. The highest BCUT2D eigenvalue weighted by molar-refractivity contribution is 8.00. The number of nitrogens with two attached hydrogens (primary N) is 1. The van der Waals surface area contributed by atoms with Gasteiger partial charge >= 0.3 is 0 Å². The standard InChI is InChI=1S/C20H22ClN5OS/c1-11-9-12(2)17(13(3)10-11)23-19(27)14(4)28-20-25-24-18(26(20)22)15-5-7-16(21)8-6-15/h5-10,14H,22H2,1-4H3,(H,23,27)/t14-/m0/s1. The summed E-state index contributed by atoms with van der Waals surface area (Å²) in [7, 11) is 0. The van der Waals surface area contributed by atoms with Crippen LogP contribution in [0.1, 0.15) is 23.6 Å². The van der Waals surface area contributed by atoms with Crippen molar-refractivity contribution in [1.29, 1.82) is 0 Å². The second-order valence-electron chi connectivity index (χ2n) is 6.71. The zero-order chi connectivity index (χ0) is 20.4. The number of carbonyl (C=O) groups is 1. The van der Waals surface area contributed by atoms with E-state index >= 15 is 0 Å². The van der Waals surface area contributed by atoms with E-state index in [1.165, 1.54) is 22.0 Å². The average molecular weight is 416 g/mol. The van der Waals surface area contributed by atoms with Crippen LogP contribution in [-0.2, 0) is 4.79 Å². The van der Waals surface area contributed by atoms with Crippen LogP contribution in [0.2, 0.25) is 5.02 Å². The van der Waals surface area contributed by atoms with Crippen molar-refractivity contribution in [2.45, 2.75) is 38.1 Å². The summed E-state index contributed by atoms with van der Waals surface area (Å²) in [6.45, 7) is 7.83. The van der Waals surface area contributed by atoms with Gasteiger partial charge in [-0.25, -0.2) is 4.68 Å². The smallest absolute Gasteiger partial charge is 0.237 e. The minimum atomic E-state index is -0.398. The second kappa shape index (κ2) is 8.24. The Morgan fingerprint density at radius 2 is 1.75 bits per heavy atom. The third-order valence-electron chi connectivity index (χ3n) is 4.34. The molecule has 3 N–H and O–H groups in total. The first kappa shape index (κ1) is 20.2. The number of aromatic nitrogens is 3. The first-order valence-electron chi connectivity index (χ1n) is 8.78. The topological polar surface area (TPSA) is 85.8 Å². The van der Waals surface area contributed by atoms with Crippen molar-refractivity contribution in [2.24, 2.45) is 0 Å². The molecule has 0 spiro atoms. The number of benzene rings is 2. The number of nitrogens with zero attached hydrogens (tertiary/aromatic N) is 3. The van der Waals surface area contributed by atoms with Crippen molar-refractivity contribution < 1.29 is 4.79 Å². The summed E-state index contributed by atoms with van der Waals surface area (Å²) in [5, 5.41) is 12.0. The fraction of sp³-hybridized carbons (Fsp3) is 0.250. The summed E-state index contributed by atoms with van der Waals surface area (Å²) < 4.78 is 1.39. The molecule has 0 fully saturated rings. The highest BCUT2D eigenvalue weighted by Crippen LogP contribution is 2.27. The number of halogens is 1. The molecule has 8 heteroatoms. The summed E-state index contributed by atoms with van der Waals surface area (Å²) in [5.74, 6) is 6.54.